The van der Waals surface area contributed by atoms with Crippen molar-refractivity contribution in [2.24, 2.45) is 0 Å². The molecule has 0 radical (unpaired) electrons. The Bertz CT molecular complexity index is 736. The third-order valence-corrected chi connectivity index (χ3v) is 3.74. The lowest BCUT2D eigenvalue weighted by Crippen LogP contribution is -2.52. The van der Waals surface area contributed by atoms with Crippen molar-refractivity contribution in [3.8, 4) is 5.75 Å². The van der Waals surface area contributed by atoms with Gasteiger partial charge in [0, 0.05) is 17.1 Å². The van der Waals surface area contributed by atoms with Crippen molar-refractivity contribution >= 4 is 29.7 Å². The highest BCUT2D eigenvalue weighted by Crippen LogP contribution is 2.29. The zero-order valence-corrected chi connectivity index (χ0v) is 16.5. The van der Waals surface area contributed by atoms with Crippen molar-refractivity contribution < 1.29 is 19.1 Å². The van der Waals surface area contributed by atoms with E-state index in [1.807, 2.05) is 13.8 Å². The summed E-state index contributed by atoms with van der Waals surface area (Å²) in [7, 11) is 0. The second-order valence-electron chi connectivity index (χ2n) is 7.83. The molecule has 0 bridgehead atoms. The lowest BCUT2D eigenvalue weighted by molar-refractivity contribution is -0.119. The Labute approximate surface area is 158 Å². The zero-order valence-electron chi connectivity index (χ0n) is 15.7. The Balaban J connectivity index is 1.97. The summed E-state index contributed by atoms with van der Waals surface area (Å²) in [4.78, 5) is 24.3. The molecule has 2 amide bonds. The Morgan fingerprint density at radius 1 is 1.23 bits per heavy atom. The first kappa shape index (κ1) is 20.1. The highest BCUT2D eigenvalue weighted by atomic mass is 35.5. The predicted molar refractivity (Wildman–Crippen MR) is 101 cm³/mol. The van der Waals surface area contributed by atoms with E-state index in [4.69, 9.17) is 21.1 Å². The number of amides is 2. The molecule has 0 unspecified atom stereocenters. The quantitative estimate of drug-likeness (QED) is 0.837. The zero-order chi connectivity index (χ0) is 19.5. The molecule has 142 valence electrons. The number of carbonyl (C=O) groups is 2. The molecule has 2 rings (SSSR count). The molecule has 1 aromatic rings. The van der Waals surface area contributed by atoms with Crippen molar-refractivity contribution in [3.05, 3.63) is 34.4 Å². The molecule has 1 aromatic carbocycles. The van der Waals surface area contributed by atoms with Gasteiger partial charge in [0.1, 0.15) is 18.0 Å². The van der Waals surface area contributed by atoms with Crippen LogP contribution in [0.4, 0.5) is 4.79 Å². The van der Waals surface area contributed by atoms with Crippen molar-refractivity contribution in [1.82, 2.24) is 10.6 Å². The van der Waals surface area contributed by atoms with Crippen LogP contribution in [-0.4, -0.2) is 36.3 Å². The fraction of sp³-hybridized carbons (Fsp3) is 0.474. The van der Waals surface area contributed by atoms with E-state index in [1.54, 1.807) is 45.0 Å². The molecule has 6 nitrogen and oxygen atoms in total. The molecular formula is C19H25ClN2O4. The summed E-state index contributed by atoms with van der Waals surface area (Å²) in [6.45, 7) is 9.41. The molecule has 0 aliphatic carbocycles. The van der Waals surface area contributed by atoms with E-state index in [0.29, 0.717) is 16.3 Å². The minimum Gasteiger partial charge on any atom is -0.488 e. The maximum atomic E-state index is 12.5. The number of nitrogens with one attached hydrogen (secondary N) is 2. The SMILES string of the molecule is CC(C)(CNC(=O)OC(C)(C)C)NC(=O)C1=Cc2cc(Cl)ccc2OC1. The minimum atomic E-state index is -0.663. The predicted octanol–water partition coefficient (Wildman–Crippen LogP) is 3.54. The summed E-state index contributed by atoms with van der Waals surface area (Å²) in [5.74, 6) is 0.434. The molecule has 1 aliphatic rings. The summed E-state index contributed by atoms with van der Waals surface area (Å²) in [6, 6.07) is 5.26. The highest BCUT2D eigenvalue weighted by molar-refractivity contribution is 6.30. The van der Waals surface area contributed by atoms with Crippen LogP contribution in [0, 0.1) is 0 Å². The van der Waals surface area contributed by atoms with Crippen LogP contribution in [-0.2, 0) is 9.53 Å². The van der Waals surface area contributed by atoms with Crippen LogP contribution in [0.15, 0.2) is 23.8 Å². The monoisotopic (exact) mass is 380 g/mol. The number of hydrogen-bond donors (Lipinski definition) is 2. The molecule has 0 saturated carbocycles. The van der Waals surface area contributed by atoms with Gasteiger partial charge in [0.15, 0.2) is 0 Å². The first-order valence-corrected chi connectivity index (χ1v) is 8.75. The Kier molecular flexibility index (Phi) is 5.86. The number of rotatable bonds is 4. The van der Waals surface area contributed by atoms with E-state index < -0.39 is 17.2 Å². The standard InChI is InChI=1S/C19H25ClN2O4/c1-18(2,3)26-17(24)21-11-19(4,5)22-16(23)13-8-12-9-14(20)6-7-15(12)25-10-13/h6-9H,10-11H2,1-5H3,(H,21,24)(H,22,23). The summed E-state index contributed by atoms with van der Waals surface area (Å²) in [6.07, 6.45) is 1.24. The van der Waals surface area contributed by atoms with Crippen LogP contribution >= 0.6 is 11.6 Å². The summed E-state index contributed by atoms with van der Waals surface area (Å²) in [5, 5.41) is 6.14. The number of alkyl carbamates (subject to hydrolysis) is 1. The number of benzene rings is 1. The smallest absolute Gasteiger partial charge is 0.407 e. The average Bonchev–Trinajstić information content (AvgIpc) is 2.50. The topological polar surface area (TPSA) is 76.7 Å². The van der Waals surface area contributed by atoms with Crippen molar-refractivity contribution in [3.63, 3.8) is 0 Å². The fourth-order valence-electron chi connectivity index (χ4n) is 2.32. The van der Waals surface area contributed by atoms with Crippen LogP contribution in [0.3, 0.4) is 0 Å². The second kappa shape index (κ2) is 7.58. The van der Waals surface area contributed by atoms with Gasteiger partial charge in [0.25, 0.3) is 5.91 Å². The molecule has 2 N–H and O–H groups in total. The van der Waals surface area contributed by atoms with E-state index >= 15 is 0 Å². The van der Waals surface area contributed by atoms with E-state index in [-0.39, 0.29) is 19.1 Å². The van der Waals surface area contributed by atoms with Crippen molar-refractivity contribution in [2.75, 3.05) is 13.2 Å². The minimum absolute atomic E-state index is 0.177. The Morgan fingerprint density at radius 3 is 2.58 bits per heavy atom. The van der Waals surface area contributed by atoms with Gasteiger partial charge >= 0.3 is 6.09 Å². The van der Waals surface area contributed by atoms with Crippen LogP contribution in [0.5, 0.6) is 5.75 Å². The molecule has 1 heterocycles. The van der Waals surface area contributed by atoms with Gasteiger partial charge in [-0.2, -0.15) is 0 Å². The molecule has 0 fully saturated rings. The van der Waals surface area contributed by atoms with Crippen LogP contribution in [0.25, 0.3) is 6.08 Å². The van der Waals surface area contributed by atoms with E-state index in [1.165, 1.54) is 0 Å². The fourth-order valence-corrected chi connectivity index (χ4v) is 2.50. The number of fused-ring (bicyclic) bond motifs is 1. The second-order valence-corrected chi connectivity index (χ2v) is 8.27. The average molecular weight is 381 g/mol. The third-order valence-electron chi connectivity index (χ3n) is 3.50. The van der Waals surface area contributed by atoms with Gasteiger partial charge in [0.05, 0.1) is 11.1 Å². The first-order chi connectivity index (χ1) is 12.0. The number of halogens is 1. The molecule has 1 aliphatic heterocycles. The van der Waals surface area contributed by atoms with E-state index in [9.17, 15) is 9.59 Å². The van der Waals surface area contributed by atoms with Gasteiger partial charge in [0.2, 0.25) is 0 Å². The Hall–Kier alpha value is -2.21. The first-order valence-electron chi connectivity index (χ1n) is 8.37. The van der Waals surface area contributed by atoms with E-state index in [2.05, 4.69) is 10.6 Å². The maximum absolute atomic E-state index is 12.5. The molecule has 7 heteroatoms. The van der Waals surface area contributed by atoms with Gasteiger partial charge in [-0.05, 0) is 58.9 Å². The number of carbonyl (C=O) groups excluding carboxylic acids is 2. The lowest BCUT2D eigenvalue weighted by atomic mass is 10.0. The van der Waals surface area contributed by atoms with Crippen LogP contribution in [0.2, 0.25) is 5.02 Å². The van der Waals surface area contributed by atoms with Gasteiger partial charge in [-0.1, -0.05) is 11.6 Å². The van der Waals surface area contributed by atoms with Gasteiger partial charge < -0.3 is 20.1 Å². The molecule has 0 aromatic heterocycles. The van der Waals surface area contributed by atoms with Gasteiger partial charge in [-0.25, -0.2) is 4.79 Å². The molecule has 0 spiro atoms. The molecular weight excluding hydrogens is 356 g/mol. The molecule has 0 atom stereocenters. The van der Waals surface area contributed by atoms with E-state index in [0.717, 1.165) is 5.56 Å². The summed E-state index contributed by atoms with van der Waals surface area (Å²) >= 11 is 5.99. The van der Waals surface area contributed by atoms with Crippen LogP contribution in [0.1, 0.15) is 40.2 Å². The number of ether oxygens (including phenoxy) is 2. The Morgan fingerprint density at radius 2 is 1.92 bits per heavy atom. The summed E-state index contributed by atoms with van der Waals surface area (Å²) in [5.41, 5.74) is 0.0171. The largest absolute Gasteiger partial charge is 0.488 e. The summed E-state index contributed by atoms with van der Waals surface area (Å²) < 4.78 is 10.8. The van der Waals surface area contributed by atoms with Gasteiger partial charge in [-0.15, -0.1) is 0 Å². The molecule has 26 heavy (non-hydrogen) atoms. The van der Waals surface area contributed by atoms with Crippen LogP contribution < -0.4 is 15.4 Å². The molecule has 0 saturated heterocycles. The normalized spacial score (nSPS) is 13.8. The van der Waals surface area contributed by atoms with Gasteiger partial charge in [-0.3, -0.25) is 4.79 Å². The maximum Gasteiger partial charge on any atom is 0.407 e. The number of hydrogen-bond acceptors (Lipinski definition) is 4. The highest BCUT2D eigenvalue weighted by Gasteiger charge is 2.26. The lowest BCUT2D eigenvalue weighted by Gasteiger charge is -2.29. The third kappa shape index (κ3) is 5.95. The van der Waals surface area contributed by atoms with Crippen molar-refractivity contribution in [1.29, 1.82) is 0 Å². The van der Waals surface area contributed by atoms with Crippen molar-refractivity contribution in [2.45, 2.75) is 45.8 Å².